The zero-order valence-corrected chi connectivity index (χ0v) is 11.2. The van der Waals surface area contributed by atoms with Gasteiger partial charge in [-0.2, -0.15) is 10.2 Å². The van der Waals surface area contributed by atoms with Crippen molar-refractivity contribution in [2.45, 2.75) is 6.92 Å². The number of nitrogens with zero attached hydrogens (tertiary/aromatic N) is 5. The first-order chi connectivity index (χ1) is 9.11. The molecule has 0 bridgehead atoms. The van der Waals surface area contributed by atoms with Gasteiger partial charge in [0.25, 0.3) is 0 Å². The van der Waals surface area contributed by atoms with Crippen molar-refractivity contribution in [3.63, 3.8) is 0 Å². The van der Waals surface area contributed by atoms with Crippen LogP contribution in [0.1, 0.15) is 5.69 Å². The van der Waals surface area contributed by atoms with Crippen molar-refractivity contribution < 1.29 is 0 Å². The molecule has 5 heteroatoms. The van der Waals surface area contributed by atoms with Gasteiger partial charge in [-0.05, 0) is 24.6 Å². The summed E-state index contributed by atoms with van der Waals surface area (Å²) in [5.74, 6) is 0. The topological polar surface area (TPSA) is 48.5 Å². The fourth-order valence-corrected chi connectivity index (χ4v) is 2.11. The highest BCUT2D eigenvalue weighted by Gasteiger charge is 2.07. The molecule has 0 aromatic carbocycles. The Hall–Kier alpha value is -2.43. The molecule has 0 atom stereocenters. The maximum absolute atomic E-state index is 4.57. The van der Waals surface area contributed by atoms with Gasteiger partial charge in [0.05, 0.1) is 18.1 Å². The highest BCUT2D eigenvalue weighted by atomic mass is 15.2. The average Bonchev–Trinajstić information content (AvgIpc) is 2.97. The predicted octanol–water partition coefficient (Wildman–Crippen LogP) is 2.19. The maximum atomic E-state index is 4.57. The van der Waals surface area contributed by atoms with Gasteiger partial charge in [0, 0.05) is 43.3 Å². The van der Waals surface area contributed by atoms with Crippen LogP contribution in [0.3, 0.4) is 0 Å². The van der Waals surface area contributed by atoms with Crippen LogP contribution in [0.15, 0.2) is 36.9 Å². The average molecular weight is 253 g/mol. The zero-order chi connectivity index (χ0) is 13.4. The van der Waals surface area contributed by atoms with Crippen molar-refractivity contribution in [1.29, 1.82) is 0 Å². The van der Waals surface area contributed by atoms with Crippen molar-refractivity contribution in [2.75, 3.05) is 0 Å². The summed E-state index contributed by atoms with van der Waals surface area (Å²) in [6.45, 7) is 2.00. The van der Waals surface area contributed by atoms with Gasteiger partial charge in [0.1, 0.15) is 0 Å². The molecule has 0 aliphatic heterocycles. The lowest BCUT2D eigenvalue weighted by atomic mass is 10.1. The smallest absolute Gasteiger partial charge is 0.0742 e. The van der Waals surface area contributed by atoms with Crippen LogP contribution in [0.25, 0.3) is 22.4 Å². The first-order valence-electron chi connectivity index (χ1n) is 6.08. The lowest BCUT2D eigenvalue weighted by molar-refractivity contribution is 0.768. The van der Waals surface area contributed by atoms with Crippen LogP contribution in [-0.2, 0) is 14.1 Å². The van der Waals surface area contributed by atoms with E-state index in [1.807, 2.05) is 45.8 Å². The van der Waals surface area contributed by atoms with E-state index in [0.29, 0.717) is 0 Å². The summed E-state index contributed by atoms with van der Waals surface area (Å²) in [7, 11) is 3.82. The van der Waals surface area contributed by atoms with E-state index in [2.05, 4.69) is 27.3 Å². The van der Waals surface area contributed by atoms with E-state index in [9.17, 15) is 0 Å². The molecule has 3 aromatic heterocycles. The molecule has 0 aliphatic carbocycles. The van der Waals surface area contributed by atoms with Crippen LogP contribution in [0, 0.1) is 6.92 Å². The normalized spacial score (nSPS) is 10.9. The Balaban J connectivity index is 2.10. The summed E-state index contributed by atoms with van der Waals surface area (Å²) >= 11 is 0. The molecule has 0 spiro atoms. The lowest BCUT2D eigenvalue weighted by Gasteiger charge is -2.03. The molecule has 96 valence electrons. The van der Waals surface area contributed by atoms with Gasteiger partial charge >= 0.3 is 0 Å². The van der Waals surface area contributed by atoms with Crippen molar-refractivity contribution in [3.8, 4) is 22.4 Å². The molecule has 0 unspecified atom stereocenters. The van der Waals surface area contributed by atoms with Crippen molar-refractivity contribution in [3.05, 3.63) is 42.6 Å². The summed E-state index contributed by atoms with van der Waals surface area (Å²) in [5, 5.41) is 8.40. The molecule has 19 heavy (non-hydrogen) atoms. The largest absolute Gasteiger partial charge is 0.275 e. The SMILES string of the molecule is Cc1cc(-c2cnn(C)c2)cc(-c2cnn(C)c2)n1. The van der Waals surface area contributed by atoms with Gasteiger partial charge in [-0.25, -0.2) is 0 Å². The summed E-state index contributed by atoms with van der Waals surface area (Å²) in [6, 6.07) is 4.14. The van der Waals surface area contributed by atoms with Crippen molar-refractivity contribution in [2.24, 2.45) is 14.1 Å². The molecule has 3 rings (SSSR count). The first-order valence-corrected chi connectivity index (χ1v) is 6.08. The Morgan fingerprint density at radius 1 is 0.842 bits per heavy atom. The van der Waals surface area contributed by atoms with E-state index in [4.69, 9.17) is 0 Å². The van der Waals surface area contributed by atoms with E-state index in [1.54, 1.807) is 9.36 Å². The molecule has 5 nitrogen and oxygen atoms in total. The second-order valence-corrected chi connectivity index (χ2v) is 4.69. The molecule has 3 heterocycles. The van der Waals surface area contributed by atoms with E-state index in [-0.39, 0.29) is 0 Å². The summed E-state index contributed by atoms with van der Waals surface area (Å²) < 4.78 is 3.58. The molecule has 3 aromatic rings. The monoisotopic (exact) mass is 253 g/mol. The summed E-state index contributed by atoms with van der Waals surface area (Å²) in [6.07, 6.45) is 7.66. The number of pyridine rings is 1. The number of aryl methyl sites for hydroxylation is 3. The standard InChI is InChI=1S/C14H15N5/c1-10-4-11(12-6-15-18(2)8-12)5-14(17-10)13-7-16-19(3)9-13/h4-9H,1-3H3. The molecule has 0 saturated heterocycles. The highest BCUT2D eigenvalue weighted by molar-refractivity contribution is 5.69. The van der Waals surface area contributed by atoms with Crippen LogP contribution < -0.4 is 0 Å². The Labute approximate surface area is 111 Å². The summed E-state index contributed by atoms with van der Waals surface area (Å²) in [5.41, 5.74) is 5.17. The van der Waals surface area contributed by atoms with Gasteiger partial charge < -0.3 is 0 Å². The second-order valence-electron chi connectivity index (χ2n) is 4.69. The fraction of sp³-hybridized carbons (Fsp3) is 0.214. The lowest BCUT2D eigenvalue weighted by Crippen LogP contribution is -1.89. The molecular formula is C14H15N5. The molecular weight excluding hydrogens is 238 g/mol. The Kier molecular flexibility index (Phi) is 2.67. The molecule has 0 saturated carbocycles. The Morgan fingerprint density at radius 2 is 1.47 bits per heavy atom. The van der Waals surface area contributed by atoms with Gasteiger partial charge in [0.15, 0.2) is 0 Å². The summed E-state index contributed by atoms with van der Waals surface area (Å²) in [4.78, 5) is 4.57. The van der Waals surface area contributed by atoms with E-state index >= 15 is 0 Å². The quantitative estimate of drug-likeness (QED) is 0.703. The number of hydrogen-bond acceptors (Lipinski definition) is 3. The molecule has 0 aliphatic rings. The molecule has 0 radical (unpaired) electrons. The van der Waals surface area contributed by atoms with Gasteiger partial charge in [-0.3, -0.25) is 14.3 Å². The third-order valence-electron chi connectivity index (χ3n) is 2.99. The first kappa shape index (κ1) is 11.6. The zero-order valence-electron chi connectivity index (χ0n) is 11.2. The third kappa shape index (κ3) is 2.27. The van der Waals surface area contributed by atoms with Crippen LogP contribution in [-0.4, -0.2) is 24.5 Å². The van der Waals surface area contributed by atoms with Gasteiger partial charge in [0.2, 0.25) is 0 Å². The van der Waals surface area contributed by atoms with Crippen LogP contribution in [0.4, 0.5) is 0 Å². The molecule has 0 N–H and O–H groups in total. The fourth-order valence-electron chi connectivity index (χ4n) is 2.11. The Morgan fingerprint density at radius 3 is 2.05 bits per heavy atom. The number of hydrogen-bond donors (Lipinski definition) is 0. The minimum atomic E-state index is 0.937. The van der Waals surface area contributed by atoms with Crippen LogP contribution >= 0.6 is 0 Å². The van der Waals surface area contributed by atoms with Crippen LogP contribution in [0.5, 0.6) is 0 Å². The number of rotatable bonds is 2. The van der Waals surface area contributed by atoms with E-state index < -0.39 is 0 Å². The maximum Gasteiger partial charge on any atom is 0.0742 e. The van der Waals surface area contributed by atoms with Gasteiger partial charge in [-0.1, -0.05) is 0 Å². The Bertz CT molecular complexity index is 665. The minimum absolute atomic E-state index is 0.937. The van der Waals surface area contributed by atoms with E-state index in [0.717, 1.165) is 28.1 Å². The van der Waals surface area contributed by atoms with Crippen molar-refractivity contribution in [1.82, 2.24) is 24.5 Å². The third-order valence-corrected chi connectivity index (χ3v) is 2.99. The highest BCUT2D eigenvalue weighted by Crippen LogP contribution is 2.25. The van der Waals surface area contributed by atoms with Crippen LogP contribution in [0.2, 0.25) is 0 Å². The van der Waals surface area contributed by atoms with Gasteiger partial charge in [-0.15, -0.1) is 0 Å². The number of aromatic nitrogens is 5. The van der Waals surface area contributed by atoms with Crippen molar-refractivity contribution >= 4 is 0 Å². The van der Waals surface area contributed by atoms with E-state index in [1.165, 1.54) is 0 Å². The molecule has 0 amide bonds. The predicted molar refractivity (Wildman–Crippen MR) is 73.4 cm³/mol. The second kappa shape index (κ2) is 4.35. The molecule has 0 fully saturated rings. The minimum Gasteiger partial charge on any atom is -0.275 e.